The van der Waals surface area contributed by atoms with Crippen LogP contribution in [-0.2, 0) is 0 Å². The van der Waals surface area contributed by atoms with Gasteiger partial charge in [-0.2, -0.15) is 4.98 Å². The number of nitrogens with zero attached hydrogens (tertiary/aromatic N) is 2. The van der Waals surface area contributed by atoms with Gasteiger partial charge in [-0.15, -0.1) is 0 Å². The summed E-state index contributed by atoms with van der Waals surface area (Å²) in [7, 11) is 0. The van der Waals surface area contributed by atoms with Crippen molar-refractivity contribution >= 4 is 11.2 Å². The summed E-state index contributed by atoms with van der Waals surface area (Å²) in [5, 5.41) is 0. The number of imidazole rings is 1. The zero-order valence-electron chi connectivity index (χ0n) is 10.4. The summed E-state index contributed by atoms with van der Waals surface area (Å²) >= 11 is 0. The van der Waals surface area contributed by atoms with Crippen molar-refractivity contribution in [1.29, 1.82) is 0 Å². The third kappa shape index (κ3) is 2.27. The molecular formula is C14H12FN3O. The van der Waals surface area contributed by atoms with Crippen molar-refractivity contribution in [3.8, 4) is 17.3 Å². The van der Waals surface area contributed by atoms with Crippen molar-refractivity contribution < 1.29 is 9.13 Å². The molecule has 3 rings (SSSR count). The molecule has 19 heavy (non-hydrogen) atoms. The van der Waals surface area contributed by atoms with E-state index in [-0.39, 0.29) is 5.82 Å². The third-order valence-corrected chi connectivity index (χ3v) is 2.71. The van der Waals surface area contributed by atoms with E-state index in [1.54, 1.807) is 18.2 Å². The molecule has 1 N–H and O–H groups in total. The predicted octanol–water partition coefficient (Wildman–Crippen LogP) is 3.16. The molecular weight excluding hydrogens is 245 g/mol. The summed E-state index contributed by atoms with van der Waals surface area (Å²) in [6.07, 6.45) is 0. The number of hydrogen-bond donors (Lipinski definition) is 1. The molecule has 0 radical (unpaired) electrons. The van der Waals surface area contributed by atoms with Gasteiger partial charge in [0, 0.05) is 11.6 Å². The maximum atomic E-state index is 13.2. The fourth-order valence-electron chi connectivity index (χ4n) is 1.88. The molecule has 0 aliphatic carbocycles. The van der Waals surface area contributed by atoms with Crippen molar-refractivity contribution in [3.05, 3.63) is 42.2 Å². The second kappa shape index (κ2) is 4.68. The molecule has 0 bridgehead atoms. The minimum absolute atomic E-state index is 0.291. The minimum atomic E-state index is -0.291. The van der Waals surface area contributed by atoms with Crippen molar-refractivity contribution in [2.45, 2.75) is 6.92 Å². The summed E-state index contributed by atoms with van der Waals surface area (Å²) < 4.78 is 18.5. The van der Waals surface area contributed by atoms with Gasteiger partial charge in [-0.25, -0.2) is 9.37 Å². The zero-order valence-corrected chi connectivity index (χ0v) is 10.4. The quantitative estimate of drug-likeness (QED) is 0.784. The van der Waals surface area contributed by atoms with E-state index in [4.69, 9.17) is 4.74 Å². The highest BCUT2D eigenvalue weighted by atomic mass is 19.1. The fraction of sp³-hybridized carbons (Fsp3) is 0.143. The highest BCUT2D eigenvalue weighted by molar-refractivity contribution is 5.76. The molecule has 2 aromatic heterocycles. The van der Waals surface area contributed by atoms with Crippen LogP contribution < -0.4 is 4.74 Å². The average molecular weight is 257 g/mol. The highest BCUT2D eigenvalue weighted by Crippen LogP contribution is 2.21. The van der Waals surface area contributed by atoms with Crippen LogP contribution in [0.3, 0.4) is 0 Å². The number of ether oxygens (including phenoxy) is 1. The van der Waals surface area contributed by atoms with Gasteiger partial charge in [0.15, 0.2) is 5.65 Å². The van der Waals surface area contributed by atoms with Gasteiger partial charge < -0.3 is 9.72 Å². The SMILES string of the molecule is CCOc1ccc2[nH]c(-c3cccc(F)c3)nc2n1. The topological polar surface area (TPSA) is 50.8 Å². The lowest BCUT2D eigenvalue weighted by molar-refractivity contribution is 0.328. The zero-order chi connectivity index (χ0) is 13.2. The Kier molecular flexibility index (Phi) is 2.87. The summed E-state index contributed by atoms with van der Waals surface area (Å²) in [6, 6.07) is 9.91. The number of aromatic amines is 1. The van der Waals surface area contributed by atoms with Crippen LogP contribution in [0.15, 0.2) is 36.4 Å². The van der Waals surface area contributed by atoms with E-state index in [1.807, 2.05) is 13.0 Å². The van der Waals surface area contributed by atoms with Crippen molar-refractivity contribution in [3.63, 3.8) is 0 Å². The van der Waals surface area contributed by atoms with Crippen LogP contribution in [0.2, 0.25) is 0 Å². The van der Waals surface area contributed by atoms with E-state index in [0.717, 1.165) is 5.52 Å². The van der Waals surface area contributed by atoms with Crippen LogP contribution in [0.4, 0.5) is 4.39 Å². The molecule has 0 amide bonds. The molecule has 0 aliphatic heterocycles. The molecule has 0 saturated carbocycles. The number of fused-ring (bicyclic) bond motifs is 1. The van der Waals surface area contributed by atoms with Crippen LogP contribution in [0.25, 0.3) is 22.6 Å². The average Bonchev–Trinajstić information content (AvgIpc) is 2.82. The molecule has 4 nitrogen and oxygen atoms in total. The van der Waals surface area contributed by atoms with E-state index >= 15 is 0 Å². The number of hydrogen-bond acceptors (Lipinski definition) is 3. The van der Waals surface area contributed by atoms with E-state index < -0.39 is 0 Å². The molecule has 0 fully saturated rings. The lowest BCUT2D eigenvalue weighted by atomic mass is 10.2. The maximum Gasteiger partial charge on any atom is 0.215 e. The van der Waals surface area contributed by atoms with Gasteiger partial charge in [-0.05, 0) is 25.1 Å². The minimum Gasteiger partial charge on any atom is -0.478 e. The molecule has 0 spiro atoms. The van der Waals surface area contributed by atoms with E-state index in [1.165, 1.54) is 12.1 Å². The molecule has 5 heteroatoms. The molecule has 0 atom stereocenters. The first-order valence-electron chi connectivity index (χ1n) is 6.02. The largest absolute Gasteiger partial charge is 0.478 e. The summed E-state index contributed by atoms with van der Waals surface area (Å²) in [5.41, 5.74) is 2.05. The van der Waals surface area contributed by atoms with E-state index in [0.29, 0.717) is 29.5 Å². The Hall–Kier alpha value is -2.43. The maximum absolute atomic E-state index is 13.2. The van der Waals surface area contributed by atoms with Crippen LogP contribution in [0.1, 0.15) is 6.92 Å². The van der Waals surface area contributed by atoms with Gasteiger partial charge in [-0.3, -0.25) is 0 Å². The number of aromatic nitrogens is 3. The van der Waals surface area contributed by atoms with Gasteiger partial charge in [-0.1, -0.05) is 12.1 Å². The third-order valence-electron chi connectivity index (χ3n) is 2.71. The highest BCUT2D eigenvalue weighted by Gasteiger charge is 2.08. The summed E-state index contributed by atoms with van der Waals surface area (Å²) in [5.74, 6) is 0.837. The number of pyridine rings is 1. The van der Waals surface area contributed by atoms with Gasteiger partial charge in [0.25, 0.3) is 0 Å². The van der Waals surface area contributed by atoms with Gasteiger partial charge in [0.2, 0.25) is 5.88 Å². The molecule has 0 aliphatic rings. The first-order valence-corrected chi connectivity index (χ1v) is 6.02. The van der Waals surface area contributed by atoms with Crippen LogP contribution in [0.5, 0.6) is 5.88 Å². The molecule has 2 heterocycles. The van der Waals surface area contributed by atoms with E-state index in [2.05, 4.69) is 15.0 Å². The standard InChI is InChI=1S/C14H12FN3O/c1-2-19-12-7-6-11-14(17-12)18-13(16-11)9-4-3-5-10(15)8-9/h3-8H,2H2,1H3,(H,16,17,18). The molecule has 0 unspecified atom stereocenters. The number of halogens is 1. The number of H-pyrrole nitrogens is 1. The second-order valence-electron chi connectivity index (χ2n) is 4.05. The monoisotopic (exact) mass is 257 g/mol. The van der Waals surface area contributed by atoms with Crippen molar-refractivity contribution in [2.24, 2.45) is 0 Å². The van der Waals surface area contributed by atoms with Crippen LogP contribution >= 0.6 is 0 Å². The number of rotatable bonds is 3. The normalized spacial score (nSPS) is 10.8. The summed E-state index contributed by atoms with van der Waals surface area (Å²) in [6.45, 7) is 2.45. The first kappa shape index (κ1) is 11.6. The lowest BCUT2D eigenvalue weighted by Crippen LogP contribution is -1.93. The predicted molar refractivity (Wildman–Crippen MR) is 70.5 cm³/mol. The molecule has 1 aromatic carbocycles. The Balaban J connectivity index is 2.06. The molecule has 0 saturated heterocycles. The van der Waals surface area contributed by atoms with Gasteiger partial charge in [0.1, 0.15) is 11.6 Å². The number of benzene rings is 1. The van der Waals surface area contributed by atoms with Gasteiger partial charge >= 0.3 is 0 Å². The Morgan fingerprint density at radius 3 is 2.89 bits per heavy atom. The summed E-state index contributed by atoms with van der Waals surface area (Å²) in [4.78, 5) is 11.7. The van der Waals surface area contributed by atoms with Crippen molar-refractivity contribution in [2.75, 3.05) is 6.61 Å². The molecule has 3 aromatic rings. The second-order valence-corrected chi connectivity index (χ2v) is 4.05. The Morgan fingerprint density at radius 1 is 1.21 bits per heavy atom. The van der Waals surface area contributed by atoms with Gasteiger partial charge in [0.05, 0.1) is 12.1 Å². The number of nitrogens with one attached hydrogen (secondary N) is 1. The first-order chi connectivity index (χ1) is 9.26. The fourth-order valence-corrected chi connectivity index (χ4v) is 1.88. The Labute approximate surface area is 109 Å². The van der Waals surface area contributed by atoms with E-state index in [9.17, 15) is 4.39 Å². The molecule has 96 valence electrons. The van der Waals surface area contributed by atoms with Crippen LogP contribution in [-0.4, -0.2) is 21.6 Å². The van der Waals surface area contributed by atoms with Crippen molar-refractivity contribution in [1.82, 2.24) is 15.0 Å². The lowest BCUT2D eigenvalue weighted by Gasteiger charge is -1.99. The smallest absolute Gasteiger partial charge is 0.215 e. The Bertz CT molecular complexity index is 724. The Morgan fingerprint density at radius 2 is 2.11 bits per heavy atom. The van der Waals surface area contributed by atoms with Crippen LogP contribution in [0, 0.1) is 5.82 Å².